The average molecular weight is 428 g/mol. The number of methoxy groups -OCH3 is 2. The van der Waals surface area contributed by atoms with Crippen molar-refractivity contribution in [3.05, 3.63) is 47.5 Å². The third-order valence-corrected chi connectivity index (χ3v) is 6.38. The predicted molar refractivity (Wildman–Crippen MR) is 123 cm³/mol. The molecule has 7 heteroatoms. The lowest BCUT2D eigenvalue weighted by Crippen LogP contribution is -2.39. The van der Waals surface area contributed by atoms with E-state index in [0.29, 0.717) is 28.5 Å². The first-order valence-corrected chi connectivity index (χ1v) is 11.0. The molecule has 0 aliphatic heterocycles. The summed E-state index contributed by atoms with van der Waals surface area (Å²) < 4.78 is 11.9. The molecule has 0 aliphatic rings. The van der Waals surface area contributed by atoms with Crippen LogP contribution in [0, 0.1) is 6.92 Å². The van der Waals surface area contributed by atoms with Crippen LogP contribution >= 0.6 is 11.3 Å². The standard InChI is InChI=1S/C23H29N3O3S/c1-6-25(7-2)14-15-26(22(27)17-11-9-8-10-16(17)3)23-24-20-18(28-4)12-13-19(29-5)21(20)30-23/h8-13H,6-7,14-15H2,1-5H3. The Morgan fingerprint density at radius 2 is 1.67 bits per heavy atom. The second kappa shape index (κ2) is 9.91. The largest absolute Gasteiger partial charge is 0.495 e. The van der Waals surface area contributed by atoms with Crippen LogP contribution in [-0.4, -0.2) is 56.2 Å². The van der Waals surface area contributed by atoms with Gasteiger partial charge in [-0.2, -0.15) is 0 Å². The normalized spacial score (nSPS) is 11.1. The van der Waals surface area contributed by atoms with Gasteiger partial charge in [-0.05, 0) is 43.8 Å². The molecule has 0 atom stereocenters. The molecule has 1 amide bonds. The van der Waals surface area contributed by atoms with Crippen LogP contribution in [0.2, 0.25) is 0 Å². The fourth-order valence-electron chi connectivity index (χ4n) is 3.41. The molecule has 3 aromatic rings. The first-order valence-electron chi connectivity index (χ1n) is 10.1. The van der Waals surface area contributed by atoms with Crippen LogP contribution in [0.5, 0.6) is 11.5 Å². The highest BCUT2D eigenvalue weighted by molar-refractivity contribution is 7.22. The summed E-state index contributed by atoms with van der Waals surface area (Å²) in [6, 6.07) is 11.4. The highest BCUT2D eigenvalue weighted by Crippen LogP contribution is 2.40. The molecule has 0 bridgehead atoms. The van der Waals surface area contributed by atoms with Crippen LogP contribution < -0.4 is 14.4 Å². The van der Waals surface area contributed by atoms with Gasteiger partial charge in [0.05, 0.1) is 14.2 Å². The second-order valence-electron chi connectivity index (χ2n) is 6.94. The molecule has 1 heterocycles. The van der Waals surface area contributed by atoms with Crippen LogP contribution in [0.1, 0.15) is 29.8 Å². The van der Waals surface area contributed by atoms with Gasteiger partial charge in [-0.3, -0.25) is 9.69 Å². The zero-order chi connectivity index (χ0) is 21.7. The zero-order valence-electron chi connectivity index (χ0n) is 18.3. The van der Waals surface area contributed by atoms with Crippen LogP contribution in [0.4, 0.5) is 5.13 Å². The number of fused-ring (bicyclic) bond motifs is 1. The van der Waals surface area contributed by atoms with Gasteiger partial charge in [-0.15, -0.1) is 0 Å². The minimum Gasteiger partial charge on any atom is -0.495 e. The summed E-state index contributed by atoms with van der Waals surface area (Å²) in [6.07, 6.45) is 0. The monoisotopic (exact) mass is 427 g/mol. The quantitative estimate of drug-likeness (QED) is 0.499. The smallest absolute Gasteiger partial charge is 0.260 e. The van der Waals surface area contributed by atoms with E-state index in [1.165, 1.54) is 11.3 Å². The predicted octanol–water partition coefficient (Wildman–Crippen LogP) is 4.61. The van der Waals surface area contributed by atoms with Gasteiger partial charge in [0.1, 0.15) is 21.7 Å². The first kappa shape index (κ1) is 22.1. The first-order chi connectivity index (χ1) is 14.5. The number of nitrogens with zero attached hydrogens (tertiary/aromatic N) is 3. The van der Waals surface area contributed by atoms with Crippen molar-refractivity contribution in [2.24, 2.45) is 0 Å². The Morgan fingerprint density at radius 3 is 2.30 bits per heavy atom. The highest BCUT2D eigenvalue weighted by Gasteiger charge is 2.24. The number of aryl methyl sites for hydroxylation is 1. The molecule has 6 nitrogen and oxygen atoms in total. The molecule has 0 unspecified atom stereocenters. The summed E-state index contributed by atoms with van der Waals surface area (Å²) in [5.41, 5.74) is 2.35. The van der Waals surface area contributed by atoms with Crippen molar-refractivity contribution < 1.29 is 14.3 Å². The van der Waals surface area contributed by atoms with Crippen LogP contribution in [0.3, 0.4) is 0 Å². The van der Waals surface area contributed by atoms with E-state index in [0.717, 1.165) is 35.6 Å². The van der Waals surface area contributed by atoms with Crippen LogP contribution in [0.15, 0.2) is 36.4 Å². The molecule has 160 valence electrons. The minimum absolute atomic E-state index is 0.0442. The number of ether oxygens (including phenoxy) is 2. The number of carbonyl (C=O) groups excluding carboxylic acids is 1. The van der Waals surface area contributed by atoms with Gasteiger partial charge in [-0.25, -0.2) is 4.98 Å². The van der Waals surface area contributed by atoms with Crippen LogP contribution in [-0.2, 0) is 0 Å². The van der Waals surface area contributed by atoms with Crippen LogP contribution in [0.25, 0.3) is 10.2 Å². The Kier molecular flexibility index (Phi) is 7.29. The van der Waals surface area contributed by atoms with E-state index in [1.54, 1.807) is 19.1 Å². The molecule has 0 aliphatic carbocycles. The zero-order valence-corrected chi connectivity index (χ0v) is 19.1. The van der Waals surface area contributed by atoms with Gasteiger partial charge >= 0.3 is 0 Å². The van der Waals surface area contributed by atoms with Crippen molar-refractivity contribution in [1.82, 2.24) is 9.88 Å². The number of hydrogen-bond acceptors (Lipinski definition) is 6. The Hall–Kier alpha value is -2.64. The molecule has 1 aromatic heterocycles. The Morgan fingerprint density at radius 1 is 1.00 bits per heavy atom. The molecular formula is C23H29N3O3S. The lowest BCUT2D eigenvalue weighted by molar-refractivity contribution is 0.0983. The van der Waals surface area contributed by atoms with E-state index >= 15 is 0 Å². The third-order valence-electron chi connectivity index (χ3n) is 5.28. The van der Waals surface area contributed by atoms with Gasteiger partial charge < -0.3 is 14.4 Å². The maximum absolute atomic E-state index is 13.6. The van der Waals surface area contributed by atoms with Gasteiger partial charge in [-0.1, -0.05) is 43.4 Å². The molecule has 0 N–H and O–H groups in total. The number of carbonyl (C=O) groups is 1. The molecule has 30 heavy (non-hydrogen) atoms. The Balaban J connectivity index is 2.07. The third kappa shape index (κ3) is 4.42. The molecule has 0 saturated carbocycles. The number of likely N-dealkylation sites (N-methyl/N-ethyl adjacent to an activating group) is 1. The fraction of sp³-hybridized carbons (Fsp3) is 0.391. The summed E-state index contributed by atoms with van der Waals surface area (Å²) in [5, 5.41) is 0.646. The molecule has 0 saturated heterocycles. The van der Waals surface area contributed by atoms with Crippen molar-refractivity contribution in [2.45, 2.75) is 20.8 Å². The van der Waals surface area contributed by atoms with E-state index in [1.807, 2.05) is 43.3 Å². The summed E-state index contributed by atoms with van der Waals surface area (Å²) in [5.74, 6) is 1.35. The summed E-state index contributed by atoms with van der Waals surface area (Å²) >= 11 is 1.45. The molecular weight excluding hydrogens is 398 g/mol. The lowest BCUT2D eigenvalue weighted by atomic mass is 10.1. The molecule has 0 radical (unpaired) electrons. The maximum Gasteiger partial charge on any atom is 0.260 e. The Bertz CT molecular complexity index is 973. The van der Waals surface area contributed by atoms with Gasteiger partial charge in [0, 0.05) is 18.7 Å². The average Bonchev–Trinajstić information content (AvgIpc) is 3.21. The number of rotatable bonds is 9. The van der Waals surface area contributed by atoms with E-state index in [9.17, 15) is 4.79 Å². The van der Waals surface area contributed by atoms with E-state index in [2.05, 4.69) is 18.7 Å². The van der Waals surface area contributed by atoms with Crippen molar-refractivity contribution in [3.63, 3.8) is 0 Å². The molecule has 0 spiro atoms. The Labute approximate surface area is 182 Å². The summed E-state index contributed by atoms with van der Waals surface area (Å²) in [4.78, 5) is 22.4. The summed E-state index contributed by atoms with van der Waals surface area (Å²) in [6.45, 7) is 9.41. The molecule has 0 fully saturated rings. The van der Waals surface area contributed by atoms with Gasteiger partial charge in [0.2, 0.25) is 0 Å². The van der Waals surface area contributed by atoms with Crippen molar-refractivity contribution in [1.29, 1.82) is 0 Å². The lowest BCUT2D eigenvalue weighted by Gasteiger charge is -2.25. The molecule has 3 rings (SSSR count). The topological polar surface area (TPSA) is 54.9 Å². The van der Waals surface area contributed by atoms with E-state index in [4.69, 9.17) is 14.5 Å². The van der Waals surface area contributed by atoms with Crippen molar-refractivity contribution in [3.8, 4) is 11.5 Å². The van der Waals surface area contributed by atoms with Gasteiger partial charge in [0.15, 0.2) is 5.13 Å². The van der Waals surface area contributed by atoms with E-state index < -0.39 is 0 Å². The maximum atomic E-state index is 13.6. The number of hydrogen-bond donors (Lipinski definition) is 0. The van der Waals surface area contributed by atoms with Crippen molar-refractivity contribution >= 4 is 32.6 Å². The number of anilines is 1. The fourth-order valence-corrected chi connectivity index (χ4v) is 4.51. The SMILES string of the molecule is CCN(CC)CCN(C(=O)c1ccccc1C)c1nc2c(OC)ccc(OC)c2s1. The number of benzene rings is 2. The van der Waals surface area contributed by atoms with Crippen molar-refractivity contribution in [2.75, 3.05) is 45.3 Å². The number of aromatic nitrogens is 1. The molecule has 2 aromatic carbocycles. The second-order valence-corrected chi connectivity index (χ2v) is 7.92. The minimum atomic E-state index is -0.0442. The highest BCUT2D eigenvalue weighted by atomic mass is 32.1. The number of thiazole rings is 1. The van der Waals surface area contributed by atoms with E-state index in [-0.39, 0.29) is 5.91 Å². The number of amides is 1. The van der Waals surface area contributed by atoms with Gasteiger partial charge in [0.25, 0.3) is 5.91 Å². The summed E-state index contributed by atoms with van der Waals surface area (Å²) in [7, 11) is 3.26.